The monoisotopic (exact) mass is 197 g/mol. The van der Waals surface area contributed by atoms with Crippen LogP contribution >= 0.6 is 11.6 Å². The molecule has 0 amide bonds. The Hall–Kier alpha value is -1.31. The highest BCUT2D eigenvalue weighted by Crippen LogP contribution is 2.22. The highest BCUT2D eigenvalue weighted by atomic mass is 35.5. The van der Waals surface area contributed by atoms with Gasteiger partial charge in [0.15, 0.2) is 0 Å². The maximum Gasteiger partial charge on any atom is 0.235 e. The summed E-state index contributed by atoms with van der Waals surface area (Å²) in [5.41, 5.74) is 0.783. The number of halogens is 1. The SMILES string of the molecule is COc1ccc(CN=C=O)c(Cl)c1. The summed E-state index contributed by atoms with van der Waals surface area (Å²) in [6.07, 6.45) is 1.46. The van der Waals surface area contributed by atoms with Gasteiger partial charge >= 0.3 is 0 Å². The lowest BCUT2D eigenvalue weighted by atomic mass is 10.2. The standard InChI is InChI=1S/C9H8ClNO2/c1-13-8-3-2-7(5-11-6-12)9(10)4-8/h2-4H,5H2,1H3. The second kappa shape index (κ2) is 4.65. The summed E-state index contributed by atoms with van der Waals surface area (Å²) in [6, 6.07) is 5.21. The molecular formula is C9H8ClNO2. The molecule has 0 unspecified atom stereocenters. The normalized spacial score (nSPS) is 9.08. The predicted molar refractivity (Wildman–Crippen MR) is 49.8 cm³/mol. The van der Waals surface area contributed by atoms with E-state index in [9.17, 15) is 4.79 Å². The van der Waals surface area contributed by atoms with Gasteiger partial charge in [-0.3, -0.25) is 0 Å². The third kappa shape index (κ3) is 2.58. The second-order valence-electron chi connectivity index (χ2n) is 2.36. The fourth-order valence-corrected chi connectivity index (χ4v) is 1.13. The number of nitrogens with zero attached hydrogens (tertiary/aromatic N) is 1. The van der Waals surface area contributed by atoms with Gasteiger partial charge < -0.3 is 4.74 Å². The van der Waals surface area contributed by atoms with E-state index in [0.717, 1.165) is 5.56 Å². The maximum atomic E-state index is 9.85. The van der Waals surface area contributed by atoms with Crippen LogP contribution in [0.2, 0.25) is 5.02 Å². The van der Waals surface area contributed by atoms with E-state index >= 15 is 0 Å². The van der Waals surface area contributed by atoms with E-state index in [1.807, 2.05) is 0 Å². The molecule has 68 valence electrons. The van der Waals surface area contributed by atoms with Gasteiger partial charge in [0.2, 0.25) is 6.08 Å². The molecule has 0 spiro atoms. The van der Waals surface area contributed by atoms with E-state index in [0.29, 0.717) is 10.8 Å². The van der Waals surface area contributed by atoms with Crippen LogP contribution in [-0.4, -0.2) is 13.2 Å². The molecule has 0 saturated heterocycles. The predicted octanol–water partition coefficient (Wildman–Crippen LogP) is 2.18. The molecule has 0 aromatic heterocycles. The average molecular weight is 198 g/mol. The van der Waals surface area contributed by atoms with Gasteiger partial charge in [-0.2, -0.15) is 0 Å². The molecule has 0 bridgehead atoms. The first-order valence-corrected chi connectivity index (χ1v) is 4.01. The van der Waals surface area contributed by atoms with Crippen molar-refractivity contribution in [2.45, 2.75) is 6.54 Å². The molecule has 3 nitrogen and oxygen atoms in total. The number of aliphatic imine (C=N–C) groups is 1. The number of benzene rings is 1. The quantitative estimate of drug-likeness (QED) is 0.550. The van der Waals surface area contributed by atoms with Gasteiger partial charge in [-0.1, -0.05) is 17.7 Å². The van der Waals surface area contributed by atoms with Gasteiger partial charge in [0, 0.05) is 5.02 Å². The van der Waals surface area contributed by atoms with Gasteiger partial charge in [-0.05, 0) is 17.7 Å². The molecule has 0 atom stereocenters. The van der Waals surface area contributed by atoms with Gasteiger partial charge in [0.05, 0.1) is 13.7 Å². The van der Waals surface area contributed by atoms with Crippen molar-refractivity contribution in [3.63, 3.8) is 0 Å². The molecule has 0 radical (unpaired) electrons. The third-order valence-corrected chi connectivity index (χ3v) is 1.93. The van der Waals surface area contributed by atoms with E-state index in [-0.39, 0.29) is 6.54 Å². The minimum atomic E-state index is 0.256. The van der Waals surface area contributed by atoms with Crippen molar-refractivity contribution < 1.29 is 9.53 Å². The molecule has 0 N–H and O–H groups in total. The number of methoxy groups -OCH3 is 1. The largest absolute Gasteiger partial charge is 0.497 e. The third-order valence-electron chi connectivity index (χ3n) is 1.57. The van der Waals surface area contributed by atoms with Crippen molar-refractivity contribution in [2.75, 3.05) is 7.11 Å². The average Bonchev–Trinajstić information content (AvgIpc) is 2.16. The topological polar surface area (TPSA) is 38.7 Å². The van der Waals surface area contributed by atoms with Crippen molar-refractivity contribution in [1.82, 2.24) is 0 Å². The summed E-state index contributed by atoms with van der Waals surface area (Å²) >= 11 is 5.87. The first-order valence-electron chi connectivity index (χ1n) is 3.64. The maximum absolute atomic E-state index is 9.85. The minimum absolute atomic E-state index is 0.256. The molecule has 4 heteroatoms. The highest BCUT2D eigenvalue weighted by Gasteiger charge is 2.00. The molecule has 1 rings (SSSR count). The number of ether oxygens (including phenoxy) is 1. The van der Waals surface area contributed by atoms with Crippen LogP contribution in [-0.2, 0) is 11.3 Å². The van der Waals surface area contributed by atoms with Crippen LogP contribution in [0.3, 0.4) is 0 Å². The lowest BCUT2D eigenvalue weighted by molar-refractivity contribution is 0.414. The fourth-order valence-electron chi connectivity index (χ4n) is 0.901. The Morgan fingerprint density at radius 3 is 2.92 bits per heavy atom. The van der Waals surface area contributed by atoms with Crippen LogP contribution in [0.4, 0.5) is 0 Å². The Kier molecular flexibility index (Phi) is 3.50. The second-order valence-corrected chi connectivity index (χ2v) is 2.77. The van der Waals surface area contributed by atoms with E-state index in [4.69, 9.17) is 16.3 Å². The molecule has 0 aliphatic carbocycles. The first kappa shape index (κ1) is 9.78. The Balaban J connectivity index is 2.91. The number of hydrogen-bond acceptors (Lipinski definition) is 3. The summed E-state index contributed by atoms with van der Waals surface area (Å²) in [5, 5.41) is 0.540. The van der Waals surface area contributed by atoms with Crippen LogP contribution in [0.15, 0.2) is 23.2 Å². The van der Waals surface area contributed by atoms with Gasteiger partial charge in [-0.15, -0.1) is 0 Å². The number of hydrogen-bond donors (Lipinski definition) is 0. The van der Waals surface area contributed by atoms with Crippen LogP contribution < -0.4 is 4.74 Å². The van der Waals surface area contributed by atoms with Crippen molar-refractivity contribution >= 4 is 17.7 Å². The molecular weight excluding hydrogens is 190 g/mol. The van der Waals surface area contributed by atoms with Crippen LogP contribution in [0.1, 0.15) is 5.56 Å². The molecule has 1 aromatic carbocycles. The summed E-state index contributed by atoms with van der Waals surface area (Å²) in [6.45, 7) is 0.256. The van der Waals surface area contributed by atoms with Crippen molar-refractivity contribution in [3.05, 3.63) is 28.8 Å². The van der Waals surface area contributed by atoms with Crippen LogP contribution in [0.25, 0.3) is 0 Å². The highest BCUT2D eigenvalue weighted by molar-refractivity contribution is 6.31. The van der Waals surface area contributed by atoms with Gasteiger partial charge in [0.1, 0.15) is 5.75 Å². The van der Waals surface area contributed by atoms with Crippen LogP contribution in [0, 0.1) is 0 Å². The van der Waals surface area contributed by atoms with Gasteiger partial charge in [-0.25, -0.2) is 9.79 Å². The number of carbonyl (C=O) groups excluding carboxylic acids is 1. The fraction of sp³-hybridized carbons (Fsp3) is 0.222. The van der Waals surface area contributed by atoms with Crippen LogP contribution in [0.5, 0.6) is 5.75 Å². The summed E-state index contributed by atoms with van der Waals surface area (Å²) in [4.78, 5) is 13.3. The van der Waals surface area contributed by atoms with E-state index < -0.39 is 0 Å². The molecule has 13 heavy (non-hydrogen) atoms. The zero-order valence-electron chi connectivity index (χ0n) is 7.08. The Morgan fingerprint density at radius 2 is 2.38 bits per heavy atom. The first-order chi connectivity index (χ1) is 6.27. The van der Waals surface area contributed by atoms with Crippen molar-refractivity contribution in [2.24, 2.45) is 4.99 Å². The Morgan fingerprint density at radius 1 is 1.62 bits per heavy atom. The minimum Gasteiger partial charge on any atom is -0.497 e. The zero-order chi connectivity index (χ0) is 9.68. The number of rotatable bonds is 3. The molecule has 0 heterocycles. The lowest BCUT2D eigenvalue weighted by Gasteiger charge is -2.02. The summed E-state index contributed by atoms with van der Waals surface area (Å²) in [7, 11) is 1.56. The van der Waals surface area contributed by atoms with Crippen molar-refractivity contribution in [1.29, 1.82) is 0 Å². The molecule has 0 fully saturated rings. The van der Waals surface area contributed by atoms with Gasteiger partial charge in [0.25, 0.3) is 0 Å². The Bertz CT molecular complexity index is 345. The Labute approximate surface area is 81.0 Å². The zero-order valence-corrected chi connectivity index (χ0v) is 7.84. The molecule has 0 aliphatic rings. The lowest BCUT2D eigenvalue weighted by Crippen LogP contribution is -1.86. The van der Waals surface area contributed by atoms with E-state index in [2.05, 4.69) is 4.99 Å². The molecule has 0 saturated carbocycles. The van der Waals surface area contributed by atoms with E-state index in [1.165, 1.54) is 6.08 Å². The smallest absolute Gasteiger partial charge is 0.235 e. The summed E-state index contributed by atoms with van der Waals surface area (Å²) in [5.74, 6) is 0.684. The number of isocyanates is 1. The van der Waals surface area contributed by atoms with Crippen molar-refractivity contribution in [3.8, 4) is 5.75 Å². The van der Waals surface area contributed by atoms with E-state index in [1.54, 1.807) is 25.3 Å². The summed E-state index contributed by atoms with van der Waals surface area (Å²) < 4.78 is 4.96. The molecule has 0 aliphatic heterocycles. The molecule has 1 aromatic rings.